The molecule has 3 aromatic rings. The lowest BCUT2D eigenvalue weighted by atomic mass is 10.00. The molecule has 0 fully saturated rings. The summed E-state index contributed by atoms with van der Waals surface area (Å²) >= 11 is 0. The Bertz CT molecular complexity index is 1010. The van der Waals surface area contributed by atoms with Crippen LogP contribution in [-0.2, 0) is 4.74 Å². The molecule has 0 aliphatic carbocycles. The predicted octanol–water partition coefficient (Wildman–Crippen LogP) is 6.98. The van der Waals surface area contributed by atoms with Gasteiger partial charge in [0.2, 0.25) is 0 Å². The summed E-state index contributed by atoms with van der Waals surface area (Å²) in [7, 11) is 0. The van der Waals surface area contributed by atoms with Crippen LogP contribution in [0, 0.1) is 6.92 Å². The van der Waals surface area contributed by atoms with Crippen molar-refractivity contribution in [3.05, 3.63) is 102 Å². The van der Waals surface area contributed by atoms with Gasteiger partial charge in [0.25, 0.3) is 0 Å². The maximum absolute atomic E-state index is 12.5. The fourth-order valence-electron chi connectivity index (χ4n) is 3.42. The third kappa shape index (κ3) is 6.81. The first kappa shape index (κ1) is 23.3. The molecule has 0 saturated heterocycles. The standard InChI is InChI=1S/C21H24N2O2.C7H8/c1-21(2,3)25-20(24)23-14-8-7-11-19(23)17-12-13-18(22-15-17)16-9-5-4-6-10-16;1-7-5-3-2-4-6-7/h4-10,12-13,15,19H,11,14H2,1-3H3;2-6H,1H3. The molecule has 4 nitrogen and oxygen atoms in total. The maximum atomic E-state index is 12.5. The van der Waals surface area contributed by atoms with Gasteiger partial charge in [-0.05, 0) is 45.7 Å². The molecule has 2 aromatic carbocycles. The molecule has 1 aliphatic heterocycles. The predicted molar refractivity (Wildman–Crippen MR) is 130 cm³/mol. The number of benzene rings is 2. The summed E-state index contributed by atoms with van der Waals surface area (Å²) in [5, 5.41) is 0. The highest BCUT2D eigenvalue weighted by atomic mass is 16.6. The van der Waals surface area contributed by atoms with E-state index in [0.717, 1.165) is 23.2 Å². The van der Waals surface area contributed by atoms with E-state index in [1.807, 2.05) is 87.6 Å². The van der Waals surface area contributed by atoms with E-state index < -0.39 is 5.60 Å². The zero-order valence-electron chi connectivity index (χ0n) is 19.4. The summed E-state index contributed by atoms with van der Waals surface area (Å²) in [6.07, 6.45) is 6.46. The quantitative estimate of drug-likeness (QED) is 0.413. The van der Waals surface area contributed by atoms with Crippen LogP contribution in [0.4, 0.5) is 4.79 Å². The number of amides is 1. The Morgan fingerprint density at radius 1 is 0.938 bits per heavy atom. The SMILES string of the molecule is CC(C)(C)OC(=O)N1CC=CCC1c1ccc(-c2ccccc2)nc1.Cc1ccccc1. The fourth-order valence-corrected chi connectivity index (χ4v) is 3.42. The van der Waals surface area contributed by atoms with Gasteiger partial charge in [0.05, 0.1) is 11.7 Å². The Balaban J connectivity index is 0.000000352. The Morgan fingerprint density at radius 2 is 1.59 bits per heavy atom. The Labute approximate surface area is 191 Å². The molecule has 0 saturated carbocycles. The van der Waals surface area contributed by atoms with E-state index in [0.29, 0.717) is 6.54 Å². The lowest BCUT2D eigenvalue weighted by Crippen LogP contribution is -2.40. The number of carbonyl (C=O) groups excluding carboxylic acids is 1. The smallest absolute Gasteiger partial charge is 0.411 e. The summed E-state index contributed by atoms with van der Waals surface area (Å²) < 4.78 is 5.55. The van der Waals surface area contributed by atoms with Crippen LogP contribution >= 0.6 is 0 Å². The fraction of sp³-hybridized carbons (Fsp3) is 0.286. The van der Waals surface area contributed by atoms with Crippen LogP contribution in [0.1, 0.15) is 44.4 Å². The molecule has 1 amide bonds. The number of aryl methyl sites for hydroxylation is 1. The van der Waals surface area contributed by atoms with E-state index in [1.165, 1.54) is 5.56 Å². The molecular formula is C28H32N2O2. The van der Waals surface area contributed by atoms with Gasteiger partial charge in [0.1, 0.15) is 5.60 Å². The Kier molecular flexibility index (Phi) is 7.82. The lowest BCUT2D eigenvalue weighted by Gasteiger charge is -2.34. The van der Waals surface area contributed by atoms with Crippen molar-refractivity contribution in [1.82, 2.24) is 9.88 Å². The van der Waals surface area contributed by atoms with E-state index in [1.54, 1.807) is 4.90 Å². The lowest BCUT2D eigenvalue weighted by molar-refractivity contribution is 0.0176. The van der Waals surface area contributed by atoms with Gasteiger partial charge in [0, 0.05) is 18.3 Å². The van der Waals surface area contributed by atoms with Gasteiger partial charge in [-0.1, -0.05) is 84.4 Å². The van der Waals surface area contributed by atoms with Crippen LogP contribution in [0.2, 0.25) is 0 Å². The van der Waals surface area contributed by atoms with Gasteiger partial charge in [-0.15, -0.1) is 0 Å². The van der Waals surface area contributed by atoms with Gasteiger partial charge in [-0.2, -0.15) is 0 Å². The minimum absolute atomic E-state index is 0.0443. The molecule has 0 N–H and O–H groups in total. The van der Waals surface area contributed by atoms with E-state index in [4.69, 9.17) is 4.74 Å². The molecule has 1 aliphatic rings. The number of nitrogens with zero attached hydrogens (tertiary/aromatic N) is 2. The third-order valence-corrected chi connectivity index (χ3v) is 5.01. The highest BCUT2D eigenvalue weighted by Crippen LogP contribution is 2.30. The minimum atomic E-state index is -0.502. The van der Waals surface area contributed by atoms with Crippen LogP contribution in [0.25, 0.3) is 11.3 Å². The van der Waals surface area contributed by atoms with Crippen molar-refractivity contribution in [1.29, 1.82) is 0 Å². The van der Waals surface area contributed by atoms with Crippen molar-refractivity contribution in [2.24, 2.45) is 0 Å². The van der Waals surface area contributed by atoms with Gasteiger partial charge in [-0.25, -0.2) is 4.79 Å². The van der Waals surface area contributed by atoms with Crippen molar-refractivity contribution >= 4 is 6.09 Å². The normalized spacial score (nSPS) is 15.5. The second kappa shape index (κ2) is 10.8. The van der Waals surface area contributed by atoms with Gasteiger partial charge in [-0.3, -0.25) is 9.88 Å². The molecule has 2 heterocycles. The average Bonchev–Trinajstić information content (AvgIpc) is 2.80. The summed E-state index contributed by atoms with van der Waals surface area (Å²) in [4.78, 5) is 18.9. The summed E-state index contributed by atoms with van der Waals surface area (Å²) in [5.41, 5.74) is 3.86. The van der Waals surface area contributed by atoms with Crippen molar-refractivity contribution in [2.45, 2.75) is 45.8 Å². The molecule has 166 valence electrons. The van der Waals surface area contributed by atoms with Crippen molar-refractivity contribution in [3.63, 3.8) is 0 Å². The summed E-state index contributed by atoms with van der Waals surface area (Å²) in [5.74, 6) is 0. The molecule has 0 spiro atoms. The van der Waals surface area contributed by atoms with Crippen molar-refractivity contribution < 1.29 is 9.53 Å². The highest BCUT2D eigenvalue weighted by molar-refractivity contribution is 5.69. The van der Waals surface area contributed by atoms with Crippen molar-refractivity contribution in [2.75, 3.05) is 6.54 Å². The largest absolute Gasteiger partial charge is 0.444 e. The first-order valence-corrected chi connectivity index (χ1v) is 11.0. The highest BCUT2D eigenvalue weighted by Gasteiger charge is 2.29. The number of rotatable bonds is 2. The first-order chi connectivity index (χ1) is 15.3. The Hall–Kier alpha value is -3.40. The van der Waals surface area contributed by atoms with Gasteiger partial charge >= 0.3 is 6.09 Å². The number of aromatic nitrogens is 1. The summed E-state index contributed by atoms with van der Waals surface area (Å²) in [6.45, 7) is 8.29. The first-order valence-electron chi connectivity index (χ1n) is 11.0. The monoisotopic (exact) mass is 428 g/mol. The molecule has 32 heavy (non-hydrogen) atoms. The number of ether oxygens (including phenoxy) is 1. The zero-order valence-corrected chi connectivity index (χ0v) is 19.4. The molecule has 4 rings (SSSR count). The van der Waals surface area contributed by atoms with E-state index >= 15 is 0 Å². The number of pyridine rings is 1. The zero-order chi connectivity index (χ0) is 23.0. The van der Waals surface area contributed by atoms with Gasteiger partial charge < -0.3 is 4.74 Å². The molecule has 1 atom stereocenters. The molecule has 1 unspecified atom stereocenters. The second-order valence-electron chi connectivity index (χ2n) is 8.85. The third-order valence-electron chi connectivity index (χ3n) is 5.01. The Morgan fingerprint density at radius 3 is 2.12 bits per heavy atom. The van der Waals surface area contributed by atoms with Gasteiger partial charge in [0.15, 0.2) is 0 Å². The summed E-state index contributed by atoms with van der Waals surface area (Å²) in [6, 6.07) is 24.4. The van der Waals surface area contributed by atoms with Crippen LogP contribution < -0.4 is 0 Å². The maximum Gasteiger partial charge on any atom is 0.411 e. The minimum Gasteiger partial charge on any atom is -0.444 e. The molecular weight excluding hydrogens is 396 g/mol. The molecule has 4 heteroatoms. The second-order valence-corrected chi connectivity index (χ2v) is 8.85. The van der Waals surface area contributed by atoms with Crippen molar-refractivity contribution in [3.8, 4) is 11.3 Å². The number of carbonyl (C=O) groups is 1. The number of hydrogen-bond acceptors (Lipinski definition) is 3. The average molecular weight is 429 g/mol. The molecule has 1 aromatic heterocycles. The van der Waals surface area contributed by atoms with Crippen LogP contribution in [0.3, 0.4) is 0 Å². The molecule has 0 radical (unpaired) electrons. The van der Waals surface area contributed by atoms with E-state index in [9.17, 15) is 4.79 Å². The van der Waals surface area contributed by atoms with E-state index in [-0.39, 0.29) is 12.1 Å². The van der Waals surface area contributed by atoms with Crippen LogP contribution in [0.5, 0.6) is 0 Å². The topological polar surface area (TPSA) is 42.4 Å². The molecule has 0 bridgehead atoms. The number of hydrogen-bond donors (Lipinski definition) is 0. The van der Waals surface area contributed by atoms with Crippen LogP contribution in [-0.4, -0.2) is 28.1 Å². The van der Waals surface area contributed by atoms with Crippen LogP contribution in [0.15, 0.2) is 91.1 Å². The van der Waals surface area contributed by atoms with E-state index in [2.05, 4.69) is 36.2 Å².